The molecule has 0 fully saturated rings. The van der Waals surface area contributed by atoms with Gasteiger partial charge in [0.1, 0.15) is 5.69 Å². The molecular formula is C14H9NO5. The number of hydrogen-bond acceptors (Lipinski definition) is 5. The summed E-state index contributed by atoms with van der Waals surface area (Å²) in [5.41, 5.74) is -0.0365. The number of phenols is 1. The number of hydrogen-bond donors (Lipinski definition) is 2. The lowest BCUT2D eigenvalue weighted by molar-refractivity contribution is 0.0696. The Bertz CT molecular complexity index is 691. The second-order valence-electron chi connectivity index (χ2n) is 3.98. The van der Waals surface area contributed by atoms with Crippen LogP contribution < -0.4 is 0 Å². The van der Waals surface area contributed by atoms with E-state index in [1.165, 1.54) is 42.5 Å². The highest BCUT2D eigenvalue weighted by atomic mass is 16.4. The summed E-state index contributed by atoms with van der Waals surface area (Å²) in [4.78, 5) is 33.4. The average molecular weight is 271 g/mol. The third-order valence-electron chi connectivity index (χ3n) is 2.75. The van der Waals surface area contributed by atoms with Crippen LogP contribution in [0.5, 0.6) is 5.75 Å². The zero-order chi connectivity index (χ0) is 14.7. The van der Waals surface area contributed by atoms with E-state index in [0.29, 0.717) is 0 Å². The fourth-order valence-electron chi connectivity index (χ4n) is 1.71. The Balaban J connectivity index is 2.41. The average Bonchev–Trinajstić information content (AvgIpc) is 2.47. The number of benzene rings is 2. The van der Waals surface area contributed by atoms with Gasteiger partial charge in [0, 0.05) is 5.56 Å². The van der Waals surface area contributed by atoms with Crippen LogP contribution in [0.2, 0.25) is 0 Å². The molecule has 2 aromatic carbocycles. The van der Waals surface area contributed by atoms with Crippen LogP contribution >= 0.6 is 0 Å². The Morgan fingerprint density at radius 3 is 2.10 bits per heavy atom. The molecular weight excluding hydrogens is 262 g/mol. The highest BCUT2D eigenvalue weighted by Gasteiger charge is 2.16. The normalized spacial score (nSPS) is 10.0. The van der Waals surface area contributed by atoms with Crippen LogP contribution in [0.25, 0.3) is 0 Å². The van der Waals surface area contributed by atoms with Crippen LogP contribution in [0.4, 0.5) is 5.69 Å². The van der Waals surface area contributed by atoms with Crippen molar-refractivity contribution >= 4 is 17.4 Å². The molecule has 20 heavy (non-hydrogen) atoms. The molecule has 0 aliphatic heterocycles. The number of phenolic OH excluding ortho intramolecular Hbond substituents is 1. The van der Waals surface area contributed by atoms with Crippen molar-refractivity contribution in [1.29, 1.82) is 0 Å². The number of ketones is 1. The maximum absolute atomic E-state index is 12.2. The molecule has 0 heterocycles. The monoisotopic (exact) mass is 271 g/mol. The predicted octanol–water partition coefficient (Wildman–Crippen LogP) is 2.72. The van der Waals surface area contributed by atoms with E-state index in [4.69, 9.17) is 5.11 Å². The summed E-state index contributed by atoms with van der Waals surface area (Å²) in [7, 11) is 0. The summed E-state index contributed by atoms with van der Waals surface area (Å²) < 4.78 is 0. The maximum Gasteiger partial charge on any atom is 0.335 e. The summed E-state index contributed by atoms with van der Waals surface area (Å²) in [6, 6.07) is 9.32. The Morgan fingerprint density at radius 2 is 1.55 bits per heavy atom. The van der Waals surface area contributed by atoms with Crippen molar-refractivity contribution in [2.75, 3.05) is 0 Å². The van der Waals surface area contributed by atoms with Gasteiger partial charge in [-0.05, 0) is 29.4 Å². The fraction of sp³-hybridized carbons (Fsp3) is 0. The van der Waals surface area contributed by atoms with Crippen molar-refractivity contribution in [3.8, 4) is 5.75 Å². The molecule has 0 atom stereocenters. The SMILES string of the molecule is O=Nc1cccc(C(=O)c2ccc(C(=O)O)cc2)c1O. The van der Waals surface area contributed by atoms with Gasteiger partial charge in [-0.1, -0.05) is 18.2 Å². The molecule has 0 aromatic heterocycles. The Kier molecular flexibility index (Phi) is 3.56. The van der Waals surface area contributed by atoms with Crippen LogP contribution in [0.1, 0.15) is 26.3 Å². The van der Waals surface area contributed by atoms with Crippen LogP contribution in [-0.4, -0.2) is 22.0 Å². The molecule has 0 bridgehead atoms. The molecule has 0 aliphatic carbocycles. The van der Waals surface area contributed by atoms with E-state index in [1.807, 2.05) is 0 Å². The quantitative estimate of drug-likeness (QED) is 0.657. The van der Waals surface area contributed by atoms with Gasteiger partial charge >= 0.3 is 5.97 Å². The van der Waals surface area contributed by atoms with Gasteiger partial charge < -0.3 is 10.2 Å². The summed E-state index contributed by atoms with van der Waals surface area (Å²) in [5.74, 6) is -2.11. The lowest BCUT2D eigenvalue weighted by Crippen LogP contribution is -2.03. The lowest BCUT2D eigenvalue weighted by atomic mass is 10.0. The Morgan fingerprint density at radius 1 is 0.950 bits per heavy atom. The maximum atomic E-state index is 12.2. The van der Waals surface area contributed by atoms with Crippen LogP contribution in [0.3, 0.4) is 0 Å². The number of aromatic carboxylic acids is 1. The number of carboxylic acid groups (broad SMARTS) is 1. The first-order valence-corrected chi connectivity index (χ1v) is 5.58. The van der Waals surface area contributed by atoms with Crippen molar-refractivity contribution < 1.29 is 19.8 Å². The first-order valence-electron chi connectivity index (χ1n) is 5.58. The molecule has 0 unspecified atom stereocenters. The molecule has 100 valence electrons. The van der Waals surface area contributed by atoms with E-state index in [0.717, 1.165) is 0 Å². The topological polar surface area (TPSA) is 104 Å². The highest BCUT2D eigenvalue weighted by Crippen LogP contribution is 2.31. The number of para-hydroxylation sites is 1. The summed E-state index contributed by atoms with van der Waals surface area (Å²) in [5, 5.41) is 21.1. The Labute approximate surface area is 113 Å². The molecule has 0 saturated carbocycles. The molecule has 6 heteroatoms. The Hall–Kier alpha value is -3.02. The number of nitrogens with zero attached hydrogens (tertiary/aromatic N) is 1. The van der Waals surface area contributed by atoms with E-state index in [2.05, 4.69) is 5.18 Å². The molecule has 0 spiro atoms. The van der Waals surface area contributed by atoms with Crippen LogP contribution in [0.15, 0.2) is 47.6 Å². The van der Waals surface area contributed by atoms with Crippen molar-refractivity contribution in [1.82, 2.24) is 0 Å². The smallest absolute Gasteiger partial charge is 0.335 e. The van der Waals surface area contributed by atoms with Gasteiger partial charge in [-0.2, -0.15) is 0 Å². The standard InChI is InChI=1S/C14H9NO5/c16-12(8-4-6-9(7-5-8)14(18)19)10-2-1-3-11(15-20)13(10)17/h1-7,17H,(H,18,19). The lowest BCUT2D eigenvalue weighted by Gasteiger charge is -2.05. The van der Waals surface area contributed by atoms with Crippen molar-refractivity contribution in [2.24, 2.45) is 5.18 Å². The minimum absolute atomic E-state index is 0.0501. The summed E-state index contributed by atoms with van der Waals surface area (Å²) in [6.45, 7) is 0. The highest BCUT2D eigenvalue weighted by molar-refractivity contribution is 6.11. The van der Waals surface area contributed by atoms with Crippen LogP contribution in [-0.2, 0) is 0 Å². The van der Waals surface area contributed by atoms with Crippen LogP contribution in [0, 0.1) is 4.91 Å². The minimum Gasteiger partial charge on any atom is -0.505 e. The van der Waals surface area contributed by atoms with Crippen molar-refractivity contribution in [3.63, 3.8) is 0 Å². The number of aromatic hydroxyl groups is 1. The van der Waals surface area contributed by atoms with Gasteiger partial charge in [-0.3, -0.25) is 4.79 Å². The second-order valence-corrected chi connectivity index (χ2v) is 3.98. The number of carboxylic acids is 1. The van der Waals surface area contributed by atoms with Gasteiger partial charge in [0.15, 0.2) is 11.5 Å². The fourth-order valence-corrected chi connectivity index (χ4v) is 1.71. The molecule has 2 rings (SSSR count). The molecule has 0 aliphatic rings. The third kappa shape index (κ3) is 2.39. The molecule has 2 N–H and O–H groups in total. The van der Waals surface area contributed by atoms with Crippen molar-refractivity contribution in [2.45, 2.75) is 0 Å². The first kappa shape index (κ1) is 13.4. The van der Waals surface area contributed by atoms with Gasteiger partial charge in [-0.25, -0.2) is 4.79 Å². The summed E-state index contributed by atoms with van der Waals surface area (Å²) >= 11 is 0. The molecule has 0 radical (unpaired) electrons. The van der Waals surface area contributed by atoms with E-state index < -0.39 is 17.5 Å². The van der Waals surface area contributed by atoms with Gasteiger partial charge in [-0.15, -0.1) is 4.91 Å². The number of carbonyl (C=O) groups excluding carboxylic acids is 1. The van der Waals surface area contributed by atoms with E-state index in [1.54, 1.807) is 0 Å². The van der Waals surface area contributed by atoms with Gasteiger partial charge in [0.2, 0.25) is 0 Å². The van der Waals surface area contributed by atoms with Gasteiger partial charge in [0.25, 0.3) is 0 Å². The third-order valence-corrected chi connectivity index (χ3v) is 2.75. The zero-order valence-electron chi connectivity index (χ0n) is 10.1. The molecule has 0 amide bonds. The molecule has 6 nitrogen and oxygen atoms in total. The predicted molar refractivity (Wildman–Crippen MR) is 70.4 cm³/mol. The number of rotatable bonds is 4. The number of carbonyl (C=O) groups is 2. The molecule has 2 aromatic rings. The van der Waals surface area contributed by atoms with Crippen molar-refractivity contribution in [3.05, 3.63) is 64.1 Å². The summed E-state index contributed by atoms with van der Waals surface area (Å²) in [6.07, 6.45) is 0. The second kappa shape index (κ2) is 5.31. The first-order chi connectivity index (χ1) is 9.54. The van der Waals surface area contributed by atoms with E-state index >= 15 is 0 Å². The zero-order valence-corrected chi connectivity index (χ0v) is 10.1. The number of nitroso groups, excluding NO2 is 1. The largest absolute Gasteiger partial charge is 0.505 e. The molecule has 0 saturated heterocycles. The van der Waals surface area contributed by atoms with E-state index in [-0.39, 0.29) is 22.4 Å². The van der Waals surface area contributed by atoms with Gasteiger partial charge in [0.05, 0.1) is 11.1 Å². The minimum atomic E-state index is -1.10. The van der Waals surface area contributed by atoms with E-state index in [9.17, 15) is 19.6 Å².